The minimum atomic E-state index is 0.613. The smallest absolute Gasteiger partial charge is 0.0654 e. The molecule has 0 heterocycles. The van der Waals surface area contributed by atoms with Gasteiger partial charge in [0.15, 0.2) is 0 Å². The second-order valence-electron chi connectivity index (χ2n) is 1.49. The zero-order valence-electron chi connectivity index (χ0n) is 5.55. The molecule has 0 N–H and O–H groups in total. The molecule has 0 radical (unpaired) electrons. The van der Waals surface area contributed by atoms with E-state index in [1.54, 1.807) is 12.2 Å². The van der Waals surface area contributed by atoms with E-state index in [9.17, 15) is 0 Å². The molecule has 0 saturated heterocycles. The monoisotopic (exact) mass is 124 g/mol. The van der Waals surface area contributed by atoms with Crippen LogP contribution in [0.1, 0.15) is 0 Å². The highest BCUT2D eigenvalue weighted by Gasteiger charge is 1.73. The zero-order valence-corrected chi connectivity index (χ0v) is 5.55. The van der Waals surface area contributed by atoms with Crippen molar-refractivity contribution in [2.24, 2.45) is 0 Å². The van der Waals surface area contributed by atoms with E-state index in [4.69, 9.17) is 4.74 Å². The molecular formula is C8H12O. The van der Waals surface area contributed by atoms with E-state index in [1.165, 1.54) is 0 Å². The average Bonchev–Trinajstić information content (AvgIpc) is 1.89. The molecule has 0 aliphatic carbocycles. The molecule has 1 nitrogen and oxygen atoms in total. The molecule has 0 aromatic heterocycles. The van der Waals surface area contributed by atoms with Crippen LogP contribution in [-0.2, 0) is 4.74 Å². The highest BCUT2D eigenvalue weighted by atomic mass is 16.5. The van der Waals surface area contributed by atoms with Gasteiger partial charge in [-0.2, -0.15) is 0 Å². The maximum Gasteiger partial charge on any atom is 0.0654 e. The molecule has 0 atom stereocenters. The lowest BCUT2D eigenvalue weighted by atomic mass is 10.5. The third kappa shape index (κ3) is 7.18. The Balaban J connectivity index is 2.98. The van der Waals surface area contributed by atoms with Crippen molar-refractivity contribution in [2.75, 3.05) is 13.2 Å². The fraction of sp³-hybridized carbons (Fsp3) is 0.250. The standard InChI is InChI=1S/C8H12O/c1-3-5-6-8-9-7-4-2/h3-6H,1-2,7-8H2/b6-5+. The summed E-state index contributed by atoms with van der Waals surface area (Å²) in [5.41, 5.74) is 0. The highest BCUT2D eigenvalue weighted by molar-refractivity contribution is 4.96. The van der Waals surface area contributed by atoms with Gasteiger partial charge < -0.3 is 4.74 Å². The molecular weight excluding hydrogens is 112 g/mol. The van der Waals surface area contributed by atoms with E-state index < -0.39 is 0 Å². The van der Waals surface area contributed by atoms with E-state index >= 15 is 0 Å². The Labute approximate surface area is 56.3 Å². The number of hydrogen-bond acceptors (Lipinski definition) is 1. The van der Waals surface area contributed by atoms with E-state index in [2.05, 4.69) is 13.2 Å². The van der Waals surface area contributed by atoms with Gasteiger partial charge in [0, 0.05) is 0 Å². The van der Waals surface area contributed by atoms with Gasteiger partial charge in [0.2, 0.25) is 0 Å². The Hall–Kier alpha value is -0.820. The lowest BCUT2D eigenvalue weighted by Crippen LogP contribution is -1.88. The number of ether oxygens (including phenoxy) is 1. The van der Waals surface area contributed by atoms with Crippen LogP contribution in [0.5, 0.6) is 0 Å². The first-order chi connectivity index (χ1) is 4.41. The van der Waals surface area contributed by atoms with Gasteiger partial charge in [-0.3, -0.25) is 0 Å². The van der Waals surface area contributed by atoms with Gasteiger partial charge in [0.25, 0.3) is 0 Å². The molecule has 0 aliphatic heterocycles. The summed E-state index contributed by atoms with van der Waals surface area (Å²) in [6, 6.07) is 0. The van der Waals surface area contributed by atoms with Crippen LogP contribution in [0.3, 0.4) is 0 Å². The molecule has 0 rings (SSSR count). The molecule has 0 aromatic rings. The molecule has 0 aromatic carbocycles. The molecule has 0 amide bonds. The normalized spacial score (nSPS) is 9.78. The maximum absolute atomic E-state index is 5.03. The van der Waals surface area contributed by atoms with Crippen LogP contribution >= 0.6 is 0 Å². The van der Waals surface area contributed by atoms with Crippen molar-refractivity contribution in [2.45, 2.75) is 0 Å². The second kappa shape index (κ2) is 7.18. The third-order valence-corrected chi connectivity index (χ3v) is 0.722. The Morgan fingerprint density at radius 1 is 1.22 bits per heavy atom. The SMILES string of the molecule is C=C/C=C/COCC=C. The number of hydrogen-bond donors (Lipinski definition) is 0. The van der Waals surface area contributed by atoms with Gasteiger partial charge >= 0.3 is 0 Å². The van der Waals surface area contributed by atoms with E-state index in [0.29, 0.717) is 13.2 Å². The van der Waals surface area contributed by atoms with Crippen molar-refractivity contribution in [3.8, 4) is 0 Å². The first kappa shape index (κ1) is 8.18. The molecule has 0 bridgehead atoms. The largest absolute Gasteiger partial charge is 0.373 e. The number of allylic oxidation sites excluding steroid dienone is 2. The van der Waals surface area contributed by atoms with Gasteiger partial charge in [-0.15, -0.1) is 6.58 Å². The Kier molecular flexibility index (Phi) is 6.53. The highest BCUT2D eigenvalue weighted by Crippen LogP contribution is 1.77. The lowest BCUT2D eigenvalue weighted by molar-refractivity contribution is 0.194. The predicted molar refractivity (Wildman–Crippen MR) is 40.4 cm³/mol. The molecule has 9 heavy (non-hydrogen) atoms. The molecule has 0 spiro atoms. The Morgan fingerprint density at radius 2 is 2.00 bits per heavy atom. The van der Waals surface area contributed by atoms with Crippen molar-refractivity contribution in [1.29, 1.82) is 0 Å². The van der Waals surface area contributed by atoms with Crippen LogP contribution in [-0.4, -0.2) is 13.2 Å². The Bertz CT molecular complexity index is 103. The summed E-state index contributed by atoms with van der Waals surface area (Å²) < 4.78 is 5.03. The Morgan fingerprint density at radius 3 is 2.56 bits per heavy atom. The summed E-state index contributed by atoms with van der Waals surface area (Å²) in [5.74, 6) is 0. The third-order valence-electron chi connectivity index (χ3n) is 0.722. The van der Waals surface area contributed by atoms with Gasteiger partial charge in [-0.05, 0) is 0 Å². The first-order valence-corrected chi connectivity index (χ1v) is 2.88. The van der Waals surface area contributed by atoms with Gasteiger partial charge in [0.1, 0.15) is 0 Å². The van der Waals surface area contributed by atoms with Gasteiger partial charge in [-0.25, -0.2) is 0 Å². The van der Waals surface area contributed by atoms with Crippen molar-refractivity contribution in [3.63, 3.8) is 0 Å². The van der Waals surface area contributed by atoms with Crippen molar-refractivity contribution < 1.29 is 4.74 Å². The van der Waals surface area contributed by atoms with Crippen molar-refractivity contribution >= 4 is 0 Å². The summed E-state index contributed by atoms with van der Waals surface area (Å²) in [5, 5.41) is 0. The summed E-state index contributed by atoms with van der Waals surface area (Å²) in [4.78, 5) is 0. The van der Waals surface area contributed by atoms with Crippen LogP contribution in [0.4, 0.5) is 0 Å². The molecule has 0 aliphatic rings. The van der Waals surface area contributed by atoms with Crippen LogP contribution in [0, 0.1) is 0 Å². The number of rotatable bonds is 5. The van der Waals surface area contributed by atoms with Crippen LogP contribution in [0.25, 0.3) is 0 Å². The topological polar surface area (TPSA) is 9.23 Å². The first-order valence-electron chi connectivity index (χ1n) is 2.88. The molecule has 50 valence electrons. The summed E-state index contributed by atoms with van der Waals surface area (Å²) >= 11 is 0. The minimum absolute atomic E-state index is 0.613. The fourth-order valence-electron chi connectivity index (χ4n) is 0.371. The predicted octanol–water partition coefficient (Wildman–Crippen LogP) is 1.93. The summed E-state index contributed by atoms with van der Waals surface area (Å²) in [6.07, 6.45) is 7.19. The van der Waals surface area contributed by atoms with Crippen molar-refractivity contribution in [3.05, 3.63) is 37.5 Å². The van der Waals surface area contributed by atoms with Crippen LogP contribution in [0.15, 0.2) is 37.5 Å². The van der Waals surface area contributed by atoms with Crippen LogP contribution < -0.4 is 0 Å². The molecule has 1 heteroatoms. The van der Waals surface area contributed by atoms with Gasteiger partial charge in [-0.1, -0.05) is 30.9 Å². The average molecular weight is 124 g/mol. The van der Waals surface area contributed by atoms with E-state index in [-0.39, 0.29) is 0 Å². The summed E-state index contributed by atoms with van der Waals surface area (Å²) in [7, 11) is 0. The maximum atomic E-state index is 5.03. The van der Waals surface area contributed by atoms with Crippen LogP contribution in [0.2, 0.25) is 0 Å². The van der Waals surface area contributed by atoms with E-state index in [1.807, 2.05) is 12.2 Å². The quantitative estimate of drug-likeness (QED) is 0.309. The lowest BCUT2D eigenvalue weighted by Gasteiger charge is -1.91. The van der Waals surface area contributed by atoms with Gasteiger partial charge in [0.05, 0.1) is 13.2 Å². The fourth-order valence-corrected chi connectivity index (χ4v) is 0.371. The molecule has 0 fully saturated rings. The summed E-state index contributed by atoms with van der Waals surface area (Å²) in [6.45, 7) is 8.27. The molecule has 0 saturated carbocycles. The molecule has 0 unspecified atom stereocenters. The minimum Gasteiger partial charge on any atom is -0.373 e. The van der Waals surface area contributed by atoms with E-state index in [0.717, 1.165) is 0 Å². The van der Waals surface area contributed by atoms with Crippen molar-refractivity contribution in [1.82, 2.24) is 0 Å². The second-order valence-corrected chi connectivity index (χ2v) is 1.49. The zero-order chi connectivity index (χ0) is 6.95.